The zero-order valence-corrected chi connectivity index (χ0v) is 11.8. The molecule has 3 rings (SSSR count). The van der Waals surface area contributed by atoms with Gasteiger partial charge in [0.15, 0.2) is 5.82 Å². The predicted octanol–water partition coefficient (Wildman–Crippen LogP) is 3.00. The van der Waals surface area contributed by atoms with Crippen molar-refractivity contribution in [3.05, 3.63) is 60.6 Å². The van der Waals surface area contributed by atoms with Crippen LogP contribution in [0.3, 0.4) is 0 Å². The Bertz CT molecular complexity index is 750. The Labute approximate surface area is 126 Å². The molecule has 0 radical (unpaired) electrons. The summed E-state index contributed by atoms with van der Waals surface area (Å²) >= 11 is 0. The second-order valence-corrected chi connectivity index (χ2v) is 4.50. The average Bonchev–Trinajstić information content (AvgIpc) is 3.10. The number of ether oxygens (including phenoxy) is 1. The Morgan fingerprint density at radius 2 is 1.91 bits per heavy atom. The van der Waals surface area contributed by atoms with E-state index in [0.717, 1.165) is 11.3 Å². The molecule has 0 spiro atoms. The van der Waals surface area contributed by atoms with Gasteiger partial charge in [-0.15, -0.1) is 10.2 Å². The highest BCUT2D eigenvalue weighted by Crippen LogP contribution is 2.20. The molecule has 1 aromatic carbocycles. The molecule has 0 aliphatic heterocycles. The molecule has 0 atom stereocenters. The highest BCUT2D eigenvalue weighted by molar-refractivity contribution is 6.03. The lowest BCUT2D eigenvalue weighted by Gasteiger charge is -2.04. The van der Waals surface area contributed by atoms with Crippen molar-refractivity contribution in [2.75, 3.05) is 12.4 Å². The highest BCUT2D eigenvalue weighted by Gasteiger charge is 2.08. The van der Waals surface area contributed by atoms with Crippen LogP contribution in [-0.4, -0.2) is 23.2 Å². The Hall–Kier alpha value is -3.15. The van der Waals surface area contributed by atoms with Gasteiger partial charge in [0, 0.05) is 5.56 Å². The summed E-state index contributed by atoms with van der Waals surface area (Å²) in [6, 6.07) is 12.6. The lowest BCUT2D eigenvalue weighted by Crippen LogP contribution is -2.12. The van der Waals surface area contributed by atoms with Crippen LogP contribution in [0.25, 0.3) is 11.3 Å². The minimum atomic E-state index is -0.291. The van der Waals surface area contributed by atoms with Gasteiger partial charge in [-0.25, -0.2) is 0 Å². The number of anilines is 1. The number of nitrogens with one attached hydrogen (secondary N) is 1. The number of hydrogen-bond donors (Lipinski definition) is 1. The fourth-order valence-corrected chi connectivity index (χ4v) is 1.90. The van der Waals surface area contributed by atoms with Gasteiger partial charge >= 0.3 is 0 Å². The van der Waals surface area contributed by atoms with Gasteiger partial charge in [0.05, 0.1) is 24.6 Å². The number of hydrogen-bond acceptors (Lipinski definition) is 5. The summed E-state index contributed by atoms with van der Waals surface area (Å²) in [5.74, 6) is 0.865. The molecule has 2 heterocycles. The van der Waals surface area contributed by atoms with Crippen molar-refractivity contribution in [2.24, 2.45) is 0 Å². The first-order valence-corrected chi connectivity index (χ1v) is 6.58. The van der Waals surface area contributed by atoms with E-state index in [4.69, 9.17) is 9.15 Å². The van der Waals surface area contributed by atoms with Gasteiger partial charge in [-0.05, 0) is 42.5 Å². The lowest BCUT2D eigenvalue weighted by atomic mass is 10.1. The summed E-state index contributed by atoms with van der Waals surface area (Å²) in [5, 5.41) is 10.8. The highest BCUT2D eigenvalue weighted by atomic mass is 16.5. The molecule has 0 aliphatic rings. The summed E-state index contributed by atoms with van der Waals surface area (Å²) in [6.07, 6.45) is 2.81. The summed E-state index contributed by atoms with van der Waals surface area (Å²) in [5.41, 5.74) is 2.06. The molecule has 0 bridgehead atoms. The Balaban J connectivity index is 1.73. The van der Waals surface area contributed by atoms with E-state index in [1.165, 1.54) is 12.5 Å². The molecule has 0 unspecified atom stereocenters. The number of benzene rings is 1. The van der Waals surface area contributed by atoms with Crippen LogP contribution in [0.15, 0.2) is 59.4 Å². The first kappa shape index (κ1) is 13.8. The number of amides is 1. The Morgan fingerprint density at radius 1 is 1.09 bits per heavy atom. The van der Waals surface area contributed by atoms with Crippen molar-refractivity contribution < 1.29 is 13.9 Å². The number of aromatic nitrogens is 2. The molecule has 1 N–H and O–H groups in total. The molecule has 1 amide bonds. The van der Waals surface area contributed by atoms with Gasteiger partial charge < -0.3 is 14.5 Å². The molecule has 6 heteroatoms. The van der Waals surface area contributed by atoms with Crippen molar-refractivity contribution in [3.8, 4) is 17.0 Å². The summed E-state index contributed by atoms with van der Waals surface area (Å²) in [6.45, 7) is 0. The standard InChI is InChI=1S/C16H13N3O3/c1-21-13-4-2-11(3-5-13)14-6-7-15(19-18-14)17-16(20)12-8-9-22-10-12/h2-10H,1H3,(H,17,19,20). The molecule has 0 saturated heterocycles. The first-order valence-electron chi connectivity index (χ1n) is 6.58. The van der Waals surface area contributed by atoms with Crippen LogP contribution in [0.4, 0.5) is 5.82 Å². The Kier molecular flexibility index (Phi) is 3.82. The summed E-state index contributed by atoms with van der Waals surface area (Å²) in [4.78, 5) is 11.8. The van der Waals surface area contributed by atoms with Crippen LogP contribution >= 0.6 is 0 Å². The molecular formula is C16H13N3O3. The maximum Gasteiger partial charge on any atom is 0.260 e. The minimum Gasteiger partial charge on any atom is -0.497 e. The largest absolute Gasteiger partial charge is 0.497 e. The second kappa shape index (κ2) is 6.09. The van der Waals surface area contributed by atoms with Gasteiger partial charge in [0.1, 0.15) is 12.0 Å². The second-order valence-electron chi connectivity index (χ2n) is 4.50. The monoisotopic (exact) mass is 295 g/mol. The van der Waals surface area contributed by atoms with E-state index in [9.17, 15) is 4.79 Å². The lowest BCUT2D eigenvalue weighted by molar-refractivity contribution is 0.102. The van der Waals surface area contributed by atoms with E-state index in [0.29, 0.717) is 17.1 Å². The fraction of sp³-hybridized carbons (Fsp3) is 0.0625. The Morgan fingerprint density at radius 3 is 2.50 bits per heavy atom. The van der Waals surface area contributed by atoms with E-state index in [-0.39, 0.29) is 5.91 Å². The minimum absolute atomic E-state index is 0.291. The third kappa shape index (κ3) is 2.95. The smallest absolute Gasteiger partial charge is 0.260 e. The van der Waals surface area contributed by atoms with Crippen LogP contribution in [0.5, 0.6) is 5.75 Å². The number of nitrogens with zero attached hydrogens (tertiary/aromatic N) is 2. The van der Waals surface area contributed by atoms with Gasteiger partial charge in [-0.3, -0.25) is 4.79 Å². The van der Waals surface area contributed by atoms with Crippen LogP contribution < -0.4 is 10.1 Å². The molecule has 0 aliphatic carbocycles. The number of methoxy groups -OCH3 is 1. The number of rotatable bonds is 4. The van der Waals surface area contributed by atoms with Gasteiger partial charge in [-0.1, -0.05) is 0 Å². The quantitative estimate of drug-likeness (QED) is 0.800. The molecule has 22 heavy (non-hydrogen) atoms. The van der Waals surface area contributed by atoms with Gasteiger partial charge in [0.2, 0.25) is 0 Å². The third-order valence-electron chi connectivity index (χ3n) is 3.08. The van der Waals surface area contributed by atoms with E-state index in [1.807, 2.05) is 24.3 Å². The van der Waals surface area contributed by atoms with E-state index >= 15 is 0 Å². The maximum atomic E-state index is 11.8. The zero-order chi connectivity index (χ0) is 15.4. The number of carbonyl (C=O) groups is 1. The summed E-state index contributed by atoms with van der Waals surface area (Å²) in [7, 11) is 1.62. The number of furan rings is 1. The first-order chi connectivity index (χ1) is 10.8. The normalized spacial score (nSPS) is 10.2. The van der Waals surface area contributed by atoms with Crippen molar-refractivity contribution in [3.63, 3.8) is 0 Å². The molecule has 2 aromatic heterocycles. The van der Waals surface area contributed by atoms with Crippen molar-refractivity contribution in [1.29, 1.82) is 0 Å². The van der Waals surface area contributed by atoms with Crippen LogP contribution in [0.2, 0.25) is 0 Å². The molecular weight excluding hydrogens is 282 g/mol. The van der Waals surface area contributed by atoms with E-state index in [1.54, 1.807) is 25.3 Å². The van der Waals surface area contributed by atoms with Gasteiger partial charge in [0.25, 0.3) is 5.91 Å². The van der Waals surface area contributed by atoms with Crippen LogP contribution in [-0.2, 0) is 0 Å². The van der Waals surface area contributed by atoms with Crippen molar-refractivity contribution in [1.82, 2.24) is 10.2 Å². The maximum absolute atomic E-state index is 11.8. The zero-order valence-electron chi connectivity index (χ0n) is 11.8. The van der Waals surface area contributed by atoms with Crippen molar-refractivity contribution in [2.45, 2.75) is 0 Å². The topological polar surface area (TPSA) is 77.2 Å². The SMILES string of the molecule is COc1ccc(-c2ccc(NC(=O)c3ccoc3)nn2)cc1. The average molecular weight is 295 g/mol. The number of carbonyl (C=O) groups excluding carboxylic acids is 1. The molecule has 0 saturated carbocycles. The molecule has 3 aromatic rings. The van der Waals surface area contributed by atoms with Gasteiger partial charge in [-0.2, -0.15) is 0 Å². The van der Waals surface area contributed by atoms with E-state index in [2.05, 4.69) is 15.5 Å². The fourth-order valence-electron chi connectivity index (χ4n) is 1.90. The van der Waals surface area contributed by atoms with Crippen molar-refractivity contribution >= 4 is 11.7 Å². The van der Waals surface area contributed by atoms with Crippen LogP contribution in [0.1, 0.15) is 10.4 Å². The molecule has 6 nitrogen and oxygen atoms in total. The molecule has 0 fully saturated rings. The third-order valence-corrected chi connectivity index (χ3v) is 3.08. The van der Waals surface area contributed by atoms with E-state index < -0.39 is 0 Å². The predicted molar refractivity (Wildman–Crippen MR) is 80.7 cm³/mol. The summed E-state index contributed by atoms with van der Waals surface area (Å²) < 4.78 is 9.97. The molecule has 110 valence electrons. The van der Waals surface area contributed by atoms with Crippen LogP contribution in [0, 0.1) is 0 Å².